The maximum absolute atomic E-state index is 11.4. The third-order valence-electron chi connectivity index (χ3n) is 1.87. The van der Waals surface area contributed by atoms with Gasteiger partial charge in [-0.05, 0) is 13.8 Å². The lowest BCUT2D eigenvalue weighted by molar-refractivity contribution is -0.132. The highest BCUT2D eigenvalue weighted by Gasteiger charge is 2.10. The van der Waals surface area contributed by atoms with Crippen molar-refractivity contribution >= 4 is 23.4 Å². The van der Waals surface area contributed by atoms with Crippen molar-refractivity contribution < 1.29 is 9.59 Å². The summed E-state index contributed by atoms with van der Waals surface area (Å²) in [6, 6.07) is 0. The molecule has 2 amide bonds. The van der Waals surface area contributed by atoms with Gasteiger partial charge in [0.05, 0.1) is 6.54 Å². The Balaban J connectivity index is 3.77. The van der Waals surface area contributed by atoms with Gasteiger partial charge in [0.2, 0.25) is 11.8 Å². The van der Waals surface area contributed by atoms with Crippen LogP contribution in [0.3, 0.4) is 0 Å². The summed E-state index contributed by atoms with van der Waals surface area (Å²) in [6.45, 7) is 5.21. The summed E-state index contributed by atoms with van der Waals surface area (Å²) < 4.78 is 0. The number of hydrogen-bond donors (Lipinski definition) is 1. The van der Waals surface area contributed by atoms with E-state index in [0.29, 0.717) is 13.1 Å². The number of alkyl halides is 1. The molecule has 5 heteroatoms. The van der Waals surface area contributed by atoms with E-state index in [2.05, 4.69) is 5.32 Å². The Morgan fingerprint density at radius 1 is 1.29 bits per heavy atom. The number of rotatable bonds is 6. The molecule has 0 aliphatic heterocycles. The second kappa shape index (κ2) is 7.62. The lowest BCUT2D eigenvalue weighted by Crippen LogP contribution is -2.40. The van der Waals surface area contributed by atoms with Gasteiger partial charge in [0, 0.05) is 25.4 Å². The Hall–Kier alpha value is -0.770. The second-order valence-corrected chi connectivity index (χ2v) is 3.16. The van der Waals surface area contributed by atoms with E-state index in [9.17, 15) is 9.59 Å². The van der Waals surface area contributed by atoms with E-state index in [1.54, 1.807) is 4.90 Å². The average molecular weight is 221 g/mol. The molecule has 0 rings (SSSR count). The summed E-state index contributed by atoms with van der Waals surface area (Å²) in [5.74, 6) is 0.0455. The highest BCUT2D eigenvalue weighted by atomic mass is 35.5. The van der Waals surface area contributed by atoms with E-state index in [-0.39, 0.29) is 30.7 Å². The third-order valence-corrected chi connectivity index (χ3v) is 2.06. The van der Waals surface area contributed by atoms with Gasteiger partial charge in [-0.1, -0.05) is 0 Å². The van der Waals surface area contributed by atoms with Crippen molar-refractivity contribution in [3.63, 3.8) is 0 Å². The molecule has 4 nitrogen and oxygen atoms in total. The van der Waals surface area contributed by atoms with E-state index >= 15 is 0 Å². The van der Waals surface area contributed by atoms with Crippen molar-refractivity contribution in [2.24, 2.45) is 0 Å². The van der Waals surface area contributed by atoms with Crippen LogP contribution in [0, 0.1) is 0 Å². The smallest absolute Gasteiger partial charge is 0.241 e. The van der Waals surface area contributed by atoms with Crippen molar-refractivity contribution in [1.82, 2.24) is 10.2 Å². The van der Waals surface area contributed by atoms with Crippen LogP contribution in [-0.2, 0) is 9.59 Å². The first-order valence-electron chi connectivity index (χ1n) is 4.76. The monoisotopic (exact) mass is 220 g/mol. The minimum absolute atomic E-state index is 0.0575. The summed E-state index contributed by atoms with van der Waals surface area (Å²) in [6.07, 6.45) is 0.257. The van der Waals surface area contributed by atoms with Crippen molar-refractivity contribution in [3.05, 3.63) is 0 Å². The number of likely N-dealkylation sites (N-methyl/N-ethyl adjacent to an activating group) is 1. The highest BCUT2D eigenvalue weighted by molar-refractivity contribution is 6.18. The molecular weight excluding hydrogens is 204 g/mol. The van der Waals surface area contributed by atoms with Crippen molar-refractivity contribution in [2.75, 3.05) is 25.5 Å². The Morgan fingerprint density at radius 2 is 1.86 bits per heavy atom. The Bertz CT molecular complexity index is 193. The number of hydrogen-bond acceptors (Lipinski definition) is 2. The predicted molar refractivity (Wildman–Crippen MR) is 56.3 cm³/mol. The molecule has 0 aromatic rings. The topological polar surface area (TPSA) is 49.4 Å². The largest absolute Gasteiger partial charge is 0.347 e. The molecule has 0 atom stereocenters. The average Bonchev–Trinajstić information content (AvgIpc) is 2.17. The third kappa shape index (κ3) is 5.07. The van der Waals surface area contributed by atoms with Crippen LogP contribution in [0.5, 0.6) is 0 Å². The maximum Gasteiger partial charge on any atom is 0.241 e. The first-order chi connectivity index (χ1) is 6.65. The summed E-state index contributed by atoms with van der Waals surface area (Å²) in [5.41, 5.74) is 0. The molecule has 0 bridgehead atoms. The number of carbonyl (C=O) groups excluding carboxylic acids is 2. The highest BCUT2D eigenvalue weighted by Crippen LogP contribution is 1.88. The summed E-state index contributed by atoms with van der Waals surface area (Å²) in [4.78, 5) is 24.0. The van der Waals surface area contributed by atoms with Crippen LogP contribution >= 0.6 is 11.6 Å². The zero-order valence-electron chi connectivity index (χ0n) is 8.68. The molecule has 1 N–H and O–H groups in total. The molecule has 0 aliphatic rings. The lowest BCUT2D eigenvalue weighted by atomic mass is 10.4. The molecule has 14 heavy (non-hydrogen) atoms. The molecule has 0 unspecified atom stereocenters. The van der Waals surface area contributed by atoms with Gasteiger partial charge in [-0.15, -0.1) is 11.6 Å². The minimum Gasteiger partial charge on any atom is -0.347 e. The van der Waals surface area contributed by atoms with E-state index in [4.69, 9.17) is 11.6 Å². The quantitative estimate of drug-likeness (QED) is 0.667. The lowest BCUT2D eigenvalue weighted by Gasteiger charge is -2.18. The number of nitrogens with zero attached hydrogens (tertiary/aromatic N) is 1. The maximum atomic E-state index is 11.4. The van der Waals surface area contributed by atoms with Gasteiger partial charge >= 0.3 is 0 Å². The fourth-order valence-corrected chi connectivity index (χ4v) is 1.21. The summed E-state index contributed by atoms with van der Waals surface area (Å²) in [5, 5.41) is 2.52. The standard InChI is InChI=1S/C9H17ClN2O2/c1-3-12(4-2)9(14)7-11-8(13)5-6-10/h3-7H2,1-2H3,(H,11,13). The van der Waals surface area contributed by atoms with Gasteiger partial charge in [0.15, 0.2) is 0 Å². The van der Waals surface area contributed by atoms with Crippen LogP contribution < -0.4 is 5.32 Å². The Labute approximate surface area is 89.6 Å². The molecule has 0 saturated carbocycles. The minimum atomic E-state index is -0.180. The van der Waals surface area contributed by atoms with Gasteiger partial charge in [-0.3, -0.25) is 9.59 Å². The van der Waals surface area contributed by atoms with Crippen LogP contribution in [0.4, 0.5) is 0 Å². The van der Waals surface area contributed by atoms with Crippen molar-refractivity contribution in [3.8, 4) is 0 Å². The molecule has 0 aliphatic carbocycles. The molecule has 0 saturated heterocycles. The number of nitrogens with one attached hydrogen (secondary N) is 1. The zero-order chi connectivity index (χ0) is 11.0. The molecule has 0 fully saturated rings. The molecule has 0 radical (unpaired) electrons. The van der Waals surface area contributed by atoms with Gasteiger partial charge in [-0.2, -0.15) is 0 Å². The fraction of sp³-hybridized carbons (Fsp3) is 0.778. The first kappa shape index (κ1) is 13.2. The normalized spacial score (nSPS) is 9.64. The van der Waals surface area contributed by atoms with Crippen molar-refractivity contribution in [1.29, 1.82) is 0 Å². The molecule has 0 spiro atoms. The van der Waals surface area contributed by atoms with E-state index in [0.717, 1.165) is 0 Å². The van der Waals surface area contributed by atoms with Crippen LogP contribution in [0.2, 0.25) is 0 Å². The Kier molecular flexibility index (Phi) is 7.20. The summed E-state index contributed by atoms with van der Waals surface area (Å²) >= 11 is 5.37. The molecule has 0 aromatic carbocycles. The van der Waals surface area contributed by atoms with Gasteiger partial charge in [0.1, 0.15) is 0 Å². The number of carbonyl (C=O) groups is 2. The zero-order valence-corrected chi connectivity index (χ0v) is 9.43. The van der Waals surface area contributed by atoms with E-state index in [1.165, 1.54) is 0 Å². The SMILES string of the molecule is CCN(CC)C(=O)CNC(=O)CCCl. The van der Waals surface area contributed by atoms with E-state index < -0.39 is 0 Å². The van der Waals surface area contributed by atoms with Crippen LogP contribution in [0.15, 0.2) is 0 Å². The van der Waals surface area contributed by atoms with Gasteiger partial charge < -0.3 is 10.2 Å². The number of halogens is 1. The van der Waals surface area contributed by atoms with Crippen LogP contribution in [0.1, 0.15) is 20.3 Å². The molecular formula is C9H17ClN2O2. The summed E-state index contributed by atoms with van der Waals surface area (Å²) in [7, 11) is 0. The number of amides is 2. The second-order valence-electron chi connectivity index (χ2n) is 2.78. The molecule has 82 valence electrons. The van der Waals surface area contributed by atoms with Crippen LogP contribution in [-0.4, -0.2) is 42.2 Å². The Morgan fingerprint density at radius 3 is 2.29 bits per heavy atom. The van der Waals surface area contributed by atoms with Gasteiger partial charge in [0.25, 0.3) is 0 Å². The molecule has 0 aromatic heterocycles. The molecule has 0 heterocycles. The first-order valence-corrected chi connectivity index (χ1v) is 5.29. The van der Waals surface area contributed by atoms with Crippen LogP contribution in [0.25, 0.3) is 0 Å². The van der Waals surface area contributed by atoms with E-state index in [1.807, 2.05) is 13.8 Å². The predicted octanol–water partition coefficient (Wildman–Crippen LogP) is 0.600. The van der Waals surface area contributed by atoms with Gasteiger partial charge in [-0.25, -0.2) is 0 Å². The fourth-order valence-electron chi connectivity index (χ4n) is 1.04. The van der Waals surface area contributed by atoms with Crippen molar-refractivity contribution in [2.45, 2.75) is 20.3 Å².